The molecule has 110 valence electrons. The van der Waals surface area contributed by atoms with Gasteiger partial charge < -0.3 is 10.6 Å². The summed E-state index contributed by atoms with van der Waals surface area (Å²) in [5.41, 5.74) is -0.860. The molecule has 0 aliphatic heterocycles. The van der Waals surface area contributed by atoms with E-state index in [2.05, 4.69) is 26.6 Å². The van der Waals surface area contributed by atoms with Crippen LogP contribution in [0, 0.1) is 5.41 Å². The monoisotopic (exact) mass is 340 g/mol. The summed E-state index contributed by atoms with van der Waals surface area (Å²) in [5, 5.41) is 5.59. The largest absolute Gasteiger partial charge is 0.351 e. The molecular formula is C15H21BrN2O2. The lowest BCUT2D eigenvalue weighted by Crippen LogP contribution is -2.51. The molecule has 1 aromatic rings. The first-order valence-electron chi connectivity index (χ1n) is 6.42. The molecule has 0 aliphatic carbocycles. The van der Waals surface area contributed by atoms with E-state index in [1.54, 1.807) is 26.0 Å². The van der Waals surface area contributed by atoms with Gasteiger partial charge in [-0.15, -0.1) is 0 Å². The molecule has 2 N–H and O–H groups in total. The number of benzene rings is 1. The highest BCUT2D eigenvalue weighted by molar-refractivity contribution is 9.10. The van der Waals surface area contributed by atoms with E-state index >= 15 is 0 Å². The van der Waals surface area contributed by atoms with Gasteiger partial charge in [-0.05, 0) is 52.8 Å². The topological polar surface area (TPSA) is 58.2 Å². The van der Waals surface area contributed by atoms with Crippen LogP contribution in [0.2, 0.25) is 0 Å². The van der Waals surface area contributed by atoms with Gasteiger partial charge in [-0.1, -0.05) is 22.0 Å². The van der Waals surface area contributed by atoms with Crippen LogP contribution in [0.1, 0.15) is 34.6 Å². The molecule has 0 heterocycles. The predicted molar refractivity (Wildman–Crippen MR) is 84.4 cm³/mol. The number of carbonyl (C=O) groups is 2. The second kappa shape index (κ2) is 5.95. The van der Waals surface area contributed by atoms with Gasteiger partial charge in [0, 0.05) is 15.7 Å². The fourth-order valence-corrected chi connectivity index (χ4v) is 1.85. The Bertz CT molecular complexity index is 519. The zero-order valence-electron chi connectivity index (χ0n) is 12.5. The first-order chi connectivity index (χ1) is 9.02. The molecule has 0 saturated carbocycles. The van der Waals surface area contributed by atoms with Crippen molar-refractivity contribution in [2.45, 2.75) is 40.2 Å². The number of rotatable bonds is 3. The van der Waals surface area contributed by atoms with Crippen molar-refractivity contribution >= 4 is 33.4 Å². The lowest BCUT2D eigenvalue weighted by molar-refractivity contribution is -0.139. The Morgan fingerprint density at radius 3 is 2.15 bits per heavy atom. The molecule has 0 radical (unpaired) electrons. The van der Waals surface area contributed by atoms with Crippen molar-refractivity contribution in [2.75, 3.05) is 5.32 Å². The fourth-order valence-electron chi connectivity index (χ4n) is 1.45. The maximum atomic E-state index is 12.3. The van der Waals surface area contributed by atoms with Crippen molar-refractivity contribution in [2.24, 2.45) is 5.41 Å². The number of hydrogen-bond donors (Lipinski definition) is 2. The van der Waals surface area contributed by atoms with Crippen LogP contribution >= 0.6 is 15.9 Å². The van der Waals surface area contributed by atoms with Gasteiger partial charge in [0.05, 0.1) is 0 Å². The first kappa shape index (κ1) is 16.7. The number of hydrogen-bond acceptors (Lipinski definition) is 2. The normalized spacial score (nSPS) is 11.9. The van der Waals surface area contributed by atoms with Crippen molar-refractivity contribution in [3.8, 4) is 0 Å². The van der Waals surface area contributed by atoms with Gasteiger partial charge >= 0.3 is 0 Å². The molecule has 20 heavy (non-hydrogen) atoms. The highest BCUT2D eigenvalue weighted by atomic mass is 79.9. The summed E-state index contributed by atoms with van der Waals surface area (Å²) in [6, 6.07) is 7.26. The Balaban J connectivity index is 2.82. The zero-order chi connectivity index (χ0) is 15.6. The fraction of sp³-hybridized carbons (Fsp3) is 0.467. The minimum Gasteiger partial charge on any atom is -0.351 e. The van der Waals surface area contributed by atoms with Gasteiger partial charge in [0.25, 0.3) is 0 Å². The Labute approximate surface area is 128 Å². The summed E-state index contributed by atoms with van der Waals surface area (Å²) in [7, 11) is 0. The van der Waals surface area contributed by atoms with Gasteiger partial charge in [-0.2, -0.15) is 0 Å². The average molecular weight is 341 g/mol. The summed E-state index contributed by atoms with van der Waals surface area (Å²) in [4.78, 5) is 24.5. The number of anilines is 1. The summed E-state index contributed by atoms with van der Waals surface area (Å²) in [5.74, 6) is -0.630. The minimum absolute atomic E-state index is 0.294. The van der Waals surface area contributed by atoms with Crippen molar-refractivity contribution < 1.29 is 9.59 Å². The van der Waals surface area contributed by atoms with E-state index in [9.17, 15) is 9.59 Å². The smallest absolute Gasteiger partial charge is 0.239 e. The molecule has 2 amide bonds. The average Bonchev–Trinajstić information content (AvgIpc) is 2.26. The number of amides is 2. The van der Waals surface area contributed by atoms with Crippen LogP contribution in [0.4, 0.5) is 5.69 Å². The molecule has 0 atom stereocenters. The van der Waals surface area contributed by atoms with Crippen molar-refractivity contribution in [1.29, 1.82) is 0 Å². The molecule has 0 unspecified atom stereocenters. The molecule has 0 aromatic heterocycles. The van der Waals surface area contributed by atoms with Gasteiger partial charge in [-0.3, -0.25) is 9.59 Å². The number of halogens is 1. The lowest BCUT2D eigenvalue weighted by Gasteiger charge is -2.28. The SMILES string of the molecule is CC(C)(C)NC(=O)C(C)(C)C(=O)Nc1cccc(Br)c1. The maximum absolute atomic E-state index is 12.3. The summed E-state index contributed by atoms with van der Waals surface area (Å²) in [6.07, 6.45) is 0. The summed E-state index contributed by atoms with van der Waals surface area (Å²) < 4.78 is 0.868. The van der Waals surface area contributed by atoms with E-state index in [0.717, 1.165) is 4.47 Å². The molecule has 0 bridgehead atoms. The van der Waals surface area contributed by atoms with E-state index in [4.69, 9.17) is 0 Å². The molecule has 1 rings (SSSR count). The third kappa shape index (κ3) is 4.63. The van der Waals surface area contributed by atoms with Gasteiger partial charge in [-0.25, -0.2) is 0 Å². The van der Waals surface area contributed by atoms with Gasteiger partial charge in [0.1, 0.15) is 5.41 Å². The molecule has 0 saturated heterocycles. The first-order valence-corrected chi connectivity index (χ1v) is 7.21. The van der Waals surface area contributed by atoms with E-state index in [1.807, 2.05) is 32.9 Å². The van der Waals surface area contributed by atoms with E-state index in [-0.39, 0.29) is 17.4 Å². The number of nitrogens with one attached hydrogen (secondary N) is 2. The summed E-state index contributed by atoms with van der Waals surface area (Å²) >= 11 is 3.34. The van der Waals surface area contributed by atoms with Crippen LogP contribution in [0.3, 0.4) is 0 Å². The number of carbonyl (C=O) groups excluding carboxylic acids is 2. The predicted octanol–water partition coefficient (Wildman–Crippen LogP) is 3.33. The molecule has 0 aliphatic rings. The molecule has 0 fully saturated rings. The zero-order valence-corrected chi connectivity index (χ0v) is 14.1. The maximum Gasteiger partial charge on any atom is 0.239 e. The second-order valence-electron chi connectivity index (χ2n) is 6.29. The summed E-state index contributed by atoms with van der Waals surface area (Å²) in [6.45, 7) is 8.87. The lowest BCUT2D eigenvalue weighted by atomic mass is 9.89. The standard InChI is InChI=1S/C15H21BrN2O2/c1-14(2,3)18-13(20)15(4,5)12(19)17-11-8-6-7-10(16)9-11/h6-9H,1-5H3,(H,17,19)(H,18,20). The van der Waals surface area contributed by atoms with Crippen LogP contribution in [0.5, 0.6) is 0 Å². The van der Waals surface area contributed by atoms with Crippen molar-refractivity contribution in [3.05, 3.63) is 28.7 Å². The van der Waals surface area contributed by atoms with Crippen molar-refractivity contribution in [3.63, 3.8) is 0 Å². The molecule has 5 heteroatoms. The molecule has 1 aromatic carbocycles. The van der Waals surface area contributed by atoms with E-state index in [1.165, 1.54) is 0 Å². The van der Waals surface area contributed by atoms with Crippen LogP contribution in [-0.4, -0.2) is 17.4 Å². The van der Waals surface area contributed by atoms with Crippen LogP contribution in [0.15, 0.2) is 28.7 Å². The Morgan fingerprint density at radius 2 is 1.65 bits per heavy atom. The van der Waals surface area contributed by atoms with Crippen molar-refractivity contribution in [1.82, 2.24) is 5.32 Å². The van der Waals surface area contributed by atoms with E-state index < -0.39 is 5.41 Å². The molecule has 0 spiro atoms. The quantitative estimate of drug-likeness (QED) is 0.829. The van der Waals surface area contributed by atoms with Crippen LogP contribution in [0.25, 0.3) is 0 Å². The third-order valence-electron chi connectivity index (χ3n) is 2.71. The van der Waals surface area contributed by atoms with E-state index in [0.29, 0.717) is 5.69 Å². The minimum atomic E-state index is -1.14. The van der Waals surface area contributed by atoms with Crippen LogP contribution < -0.4 is 10.6 Å². The van der Waals surface area contributed by atoms with Gasteiger partial charge in [0.15, 0.2) is 0 Å². The third-order valence-corrected chi connectivity index (χ3v) is 3.20. The highest BCUT2D eigenvalue weighted by Gasteiger charge is 2.37. The Hall–Kier alpha value is -1.36. The molecular weight excluding hydrogens is 320 g/mol. The Kier molecular flexibility index (Phi) is 4.97. The van der Waals surface area contributed by atoms with Crippen LogP contribution in [-0.2, 0) is 9.59 Å². The Morgan fingerprint density at radius 1 is 1.05 bits per heavy atom. The molecule has 4 nitrogen and oxygen atoms in total. The second-order valence-corrected chi connectivity index (χ2v) is 7.21. The van der Waals surface area contributed by atoms with Gasteiger partial charge in [0.2, 0.25) is 11.8 Å². The highest BCUT2D eigenvalue weighted by Crippen LogP contribution is 2.22.